The molecule has 1 N–H and O–H groups in total. The van der Waals surface area contributed by atoms with E-state index in [4.69, 9.17) is 39.5 Å². The molecule has 4 rings (SSSR count). The number of piperazine rings is 1. The second-order valence-electron chi connectivity index (χ2n) is 7.81. The molecule has 1 amide bonds. The van der Waals surface area contributed by atoms with Gasteiger partial charge in [0, 0.05) is 48.5 Å². The number of nitrogens with zero attached hydrogens (tertiary/aromatic N) is 2. The van der Waals surface area contributed by atoms with Crippen molar-refractivity contribution in [3.63, 3.8) is 0 Å². The van der Waals surface area contributed by atoms with Crippen molar-refractivity contribution in [1.82, 2.24) is 4.90 Å². The molecule has 0 aromatic heterocycles. The summed E-state index contributed by atoms with van der Waals surface area (Å²) in [4.78, 5) is 16.9. The van der Waals surface area contributed by atoms with Gasteiger partial charge in [0.1, 0.15) is 5.75 Å². The van der Waals surface area contributed by atoms with Gasteiger partial charge >= 0.3 is 0 Å². The number of halogens is 3. The van der Waals surface area contributed by atoms with Gasteiger partial charge in [-0.25, -0.2) is 0 Å². The van der Waals surface area contributed by atoms with Crippen LogP contribution >= 0.6 is 34.8 Å². The Labute approximate surface area is 208 Å². The van der Waals surface area contributed by atoms with Crippen LogP contribution in [0.1, 0.15) is 5.56 Å². The number of hydrogen-bond donors (Lipinski definition) is 1. The van der Waals surface area contributed by atoms with Gasteiger partial charge in [0.15, 0.2) is 6.61 Å². The number of carbonyl (C=O) groups excluding carboxylic acids is 1. The van der Waals surface area contributed by atoms with Crippen LogP contribution in [-0.4, -0.2) is 43.6 Å². The fraction of sp³-hybridized carbons (Fsp3) is 0.240. The van der Waals surface area contributed by atoms with Gasteiger partial charge in [-0.2, -0.15) is 0 Å². The third-order valence-corrected chi connectivity index (χ3v) is 6.40. The number of amides is 1. The Morgan fingerprint density at radius 3 is 2.30 bits per heavy atom. The molecule has 172 valence electrons. The van der Waals surface area contributed by atoms with Gasteiger partial charge in [0.25, 0.3) is 5.91 Å². The minimum atomic E-state index is -0.262. The Hall–Kier alpha value is -2.44. The highest BCUT2D eigenvalue weighted by Crippen LogP contribution is 2.30. The molecular formula is C25H24Cl3N3O2. The zero-order chi connectivity index (χ0) is 23.2. The molecule has 8 heteroatoms. The van der Waals surface area contributed by atoms with Gasteiger partial charge in [-0.05, 0) is 54.1 Å². The molecule has 0 unspecified atom stereocenters. The van der Waals surface area contributed by atoms with Crippen molar-refractivity contribution in [2.24, 2.45) is 0 Å². The number of benzene rings is 3. The smallest absolute Gasteiger partial charge is 0.262 e. The van der Waals surface area contributed by atoms with Crippen LogP contribution in [0.2, 0.25) is 15.1 Å². The molecule has 0 radical (unpaired) electrons. The molecule has 0 bridgehead atoms. The number of nitrogens with one attached hydrogen (secondary N) is 1. The number of ether oxygens (including phenoxy) is 1. The molecule has 0 atom stereocenters. The first-order valence-electron chi connectivity index (χ1n) is 10.7. The van der Waals surface area contributed by atoms with Crippen molar-refractivity contribution in [2.75, 3.05) is 43.0 Å². The minimum absolute atomic E-state index is 0.103. The van der Waals surface area contributed by atoms with Gasteiger partial charge in [-0.15, -0.1) is 0 Å². The highest BCUT2D eigenvalue weighted by atomic mass is 35.5. The van der Waals surface area contributed by atoms with E-state index in [-0.39, 0.29) is 12.5 Å². The predicted octanol–water partition coefficient (Wildman–Crippen LogP) is 5.99. The zero-order valence-corrected chi connectivity index (χ0v) is 20.2. The molecule has 0 saturated carbocycles. The maximum absolute atomic E-state index is 12.2. The third kappa shape index (κ3) is 6.55. The van der Waals surface area contributed by atoms with Crippen LogP contribution in [-0.2, 0) is 11.3 Å². The fourth-order valence-electron chi connectivity index (χ4n) is 3.73. The van der Waals surface area contributed by atoms with Crippen LogP contribution in [0, 0.1) is 0 Å². The standard InChI is InChI=1S/C25H24Cl3N3O2/c26-19-5-8-21(9-6-19)33-17-25(32)29-20-7-10-24(23(28)15-20)31-13-11-30(12-14-31)16-18-3-1-2-4-22(18)27/h1-10,15H,11-14,16-17H2,(H,29,32). The maximum Gasteiger partial charge on any atom is 0.262 e. The Morgan fingerprint density at radius 1 is 0.879 bits per heavy atom. The summed E-state index contributed by atoms with van der Waals surface area (Å²) in [5.41, 5.74) is 2.74. The predicted molar refractivity (Wildman–Crippen MR) is 136 cm³/mol. The third-order valence-electron chi connectivity index (χ3n) is 5.48. The van der Waals surface area contributed by atoms with E-state index in [1.165, 1.54) is 0 Å². The number of anilines is 2. The molecule has 1 fully saturated rings. The highest BCUT2D eigenvalue weighted by Gasteiger charge is 2.20. The molecular weight excluding hydrogens is 481 g/mol. The molecule has 1 heterocycles. The monoisotopic (exact) mass is 503 g/mol. The van der Waals surface area contributed by atoms with Crippen molar-refractivity contribution in [3.05, 3.63) is 87.4 Å². The van der Waals surface area contributed by atoms with E-state index in [2.05, 4.69) is 21.2 Å². The van der Waals surface area contributed by atoms with Crippen molar-refractivity contribution in [1.29, 1.82) is 0 Å². The van der Waals surface area contributed by atoms with Crippen LogP contribution in [0.25, 0.3) is 0 Å². The molecule has 0 aliphatic carbocycles. The van der Waals surface area contributed by atoms with Gasteiger partial charge in [-0.3, -0.25) is 9.69 Å². The summed E-state index contributed by atoms with van der Waals surface area (Å²) in [7, 11) is 0. The molecule has 1 saturated heterocycles. The van der Waals surface area contributed by atoms with Gasteiger partial charge in [-0.1, -0.05) is 53.0 Å². The summed E-state index contributed by atoms with van der Waals surface area (Å²) in [6.45, 7) is 4.30. The Balaban J connectivity index is 1.28. The molecule has 5 nitrogen and oxygen atoms in total. The second-order valence-corrected chi connectivity index (χ2v) is 9.06. The lowest BCUT2D eigenvalue weighted by molar-refractivity contribution is -0.118. The molecule has 1 aliphatic heterocycles. The van der Waals surface area contributed by atoms with E-state index in [0.717, 1.165) is 49.0 Å². The van der Waals surface area contributed by atoms with Crippen molar-refractivity contribution in [2.45, 2.75) is 6.54 Å². The van der Waals surface area contributed by atoms with Crippen LogP contribution in [0.15, 0.2) is 66.7 Å². The van der Waals surface area contributed by atoms with E-state index >= 15 is 0 Å². The first-order valence-corrected chi connectivity index (χ1v) is 11.8. The Bertz CT molecular complexity index is 1100. The van der Waals surface area contributed by atoms with Gasteiger partial charge < -0.3 is 15.0 Å². The largest absolute Gasteiger partial charge is 0.484 e. The van der Waals surface area contributed by atoms with E-state index in [1.54, 1.807) is 30.3 Å². The first-order chi connectivity index (χ1) is 16.0. The number of carbonyl (C=O) groups is 1. The van der Waals surface area contributed by atoms with Crippen LogP contribution in [0.3, 0.4) is 0 Å². The van der Waals surface area contributed by atoms with Crippen LogP contribution < -0.4 is 15.0 Å². The SMILES string of the molecule is O=C(COc1ccc(Cl)cc1)Nc1ccc(N2CCN(Cc3ccccc3Cl)CC2)c(Cl)c1. The molecule has 33 heavy (non-hydrogen) atoms. The lowest BCUT2D eigenvalue weighted by Crippen LogP contribution is -2.46. The quantitative estimate of drug-likeness (QED) is 0.429. The lowest BCUT2D eigenvalue weighted by Gasteiger charge is -2.36. The molecule has 3 aromatic carbocycles. The minimum Gasteiger partial charge on any atom is -0.484 e. The fourth-order valence-corrected chi connectivity index (χ4v) is 4.35. The topological polar surface area (TPSA) is 44.8 Å². The summed E-state index contributed by atoms with van der Waals surface area (Å²) < 4.78 is 5.48. The van der Waals surface area contributed by atoms with Crippen LogP contribution in [0.5, 0.6) is 5.75 Å². The second kappa shape index (κ2) is 11.1. The molecule has 3 aromatic rings. The number of hydrogen-bond acceptors (Lipinski definition) is 4. The summed E-state index contributed by atoms with van der Waals surface area (Å²) in [5, 5.41) is 4.84. The Kier molecular flexibility index (Phi) is 7.99. The lowest BCUT2D eigenvalue weighted by atomic mass is 10.2. The van der Waals surface area contributed by atoms with Gasteiger partial charge in [0.2, 0.25) is 0 Å². The average Bonchev–Trinajstić information content (AvgIpc) is 2.81. The van der Waals surface area contributed by atoms with E-state index in [9.17, 15) is 4.79 Å². The summed E-state index contributed by atoms with van der Waals surface area (Å²) in [6.07, 6.45) is 0. The maximum atomic E-state index is 12.2. The zero-order valence-electron chi connectivity index (χ0n) is 17.9. The highest BCUT2D eigenvalue weighted by molar-refractivity contribution is 6.33. The van der Waals surface area contributed by atoms with Crippen molar-refractivity contribution < 1.29 is 9.53 Å². The van der Waals surface area contributed by atoms with Crippen molar-refractivity contribution >= 4 is 52.1 Å². The summed E-state index contributed by atoms with van der Waals surface area (Å²) in [5.74, 6) is 0.318. The molecule has 1 aliphatic rings. The van der Waals surface area contributed by atoms with Crippen LogP contribution in [0.4, 0.5) is 11.4 Å². The average molecular weight is 505 g/mol. The summed E-state index contributed by atoms with van der Waals surface area (Å²) >= 11 is 18.7. The first kappa shape index (κ1) is 23.7. The number of rotatable bonds is 7. The van der Waals surface area contributed by atoms with E-state index in [0.29, 0.717) is 21.5 Å². The van der Waals surface area contributed by atoms with Crippen molar-refractivity contribution in [3.8, 4) is 5.75 Å². The Morgan fingerprint density at radius 2 is 1.61 bits per heavy atom. The van der Waals surface area contributed by atoms with E-state index in [1.807, 2.05) is 30.3 Å². The van der Waals surface area contributed by atoms with Gasteiger partial charge in [0.05, 0.1) is 10.7 Å². The normalized spacial score (nSPS) is 14.2. The van der Waals surface area contributed by atoms with E-state index < -0.39 is 0 Å². The molecule has 0 spiro atoms. The summed E-state index contributed by atoms with van der Waals surface area (Å²) in [6, 6.07) is 20.4.